The standard InChI is InChI=1S/C10H10FN3S/c1-6-5-15-10(13-6)14-9-4-7(12)2-3-8(9)11/h2-5H,12H2,1H3,(H,13,14). The van der Waals surface area contributed by atoms with Crippen molar-refractivity contribution in [1.82, 2.24) is 4.98 Å². The quantitative estimate of drug-likeness (QED) is 0.770. The number of thiazole rings is 1. The summed E-state index contributed by atoms with van der Waals surface area (Å²) >= 11 is 1.43. The molecule has 2 rings (SSSR count). The maximum absolute atomic E-state index is 13.3. The molecular formula is C10H10FN3S. The Balaban J connectivity index is 2.27. The summed E-state index contributed by atoms with van der Waals surface area (Å²) in [7, 11) is 0. The van der Waals surface area contributed by atoms with E-state index in [1.807, 2.05) is 12.3 Å². The summed E-state index contributed by atoms with van der Waals surface area (Å²) < 4.78 is 13.3. The molecule has 0 aliphatic heterocycles. The van der Waals surface area contributed by atoms with E-state index in [0.29, 0.717) is 16.5 Å². The highest BCUT2D eigenvalue weighted by Crippen LogP contribution is 2.24. The minimum Gasteiger partial charge on any atom is -0.399 e. The van der Waals surface area contributed by atoms with Crippen molar-refractivity contribution in [3.63, 3.8) is 0 Å². The largest absolute Gasteiger partial charge is 0.399 e. The minimum atomic E-state index is -0.336. The van der Waals surface area contributed by atoms with E-state index >= 15 is 0 Å². The van der Waals surface area contributed by atoms with Crippen LogP contribution in [0.15, 0.2) is 23.6 Å². The van der Waals surface area contributed by atoms with Gasteiger partial charge < -0.3 is 11.1 Å². The molecule has 0 aliphatic rings. The van der Waals surface area contributed by atoms with Crippen LogP contribution in [-0.4, -0.2) is 4.98 Å². The second kappa shape index (κ2) is 3.86. The Morgan fingerprint density at radius 3 is 2.93 bits per heavy atom. The van der Waals surface area contributed by atoms with Crippen LogP contribution in [0.2, 0.25) is 0 Å². The lowest BCUT2D eigenvalue weighted by molar-refractivity contribution is 0.632. The van der Waals surface area contributed by atoms with Gasteiger partial charge in [-0.1, -0.05) is 0 Å². The fourth-order valence-corrected chi connectivity index (χ4v) is 1.87. The van der Waals surface area contributed by atoms with Crippen molar-refractivity contribution < 1.29 is 4.39 Å². The highest BCUT2D eigenvalue weighted by Gasteiger charge is 2.04. The SMILES string of the molecule is Cc1csc(Nc2cc(N)ccc2F)n1. The zero-order valence-electron chi connectivity index (χ0n) is 8.12. The van der Waals surface area contributed by atoms with E-state index < -0.39 is 0 Å². The third-order valence-electron chi connectivity index (χ3n) is 1.85. The van der Waals surface area contributed by atoms with Crippen LogP contribution in [0, 0.1) is 12.7 Å². The molecule has 0 atom stereocenters. The molecule has 1 heterocycles. The van der Waals surface area contributed by atoms with Gasteiger partial charge in [-0.2, -0.15) is 0 Å². The van der Waals surface area contributed by atoms with E-state index in [1.54, 1.807) is 6.07 Å². The summed E-state index contributed by atoms with van der Waals surface area (Å²) in [5, 5.41) is 5.45. The smallest absolute Gasteiger partial charge is 0.187 e. The van der Waals surface area contributed by atoms with E-state index in [-0.39, 0.29) is 5.82 Å². The van der Waals surface area contributed by atoms with E-state index in [2.05, 4.69) is 10.3 Å². The number of nitrogen functional groups attached to an aromatic ring is 1. The minimum absolute atomic E-state index is 0.336. The van der Waals surface area contributed by atoms with Crippen LogP contribution in [0.5, 0.6) is 0 Å². The van der Waals surface area contributed by atoms with Gasteiger partial charge in [0.15, 0.2) is 5.13 Å². The maximum Gasteiger partial charge on any atom is 0.187 e. The first kappa shape index (κ1) is 9.92. The zero-order valence-corrected chi connectivity index (χ0v) is 8.94. The number of benzene rings is 1. The second-order valence-electron chi connectivity index (χ2n) is 3.16. The molecule has 0 radical (unpaired) electrons. The monoisotopic (exact) mass is 223 g/mol. The molecule has 0 saturated heterocycles. The van der Waals surface area contributed by atoms with E-state index in [9.17, 15) is 4.39 Å². The van der Waals surface area contributed by atoms with Gasteiger partial charge in [0, 0.05) is 11.1 Å². The molecule has 0 spiro atoms. The molecule has 15 heavy (non-hydrogen) atoms. The van der Waals surface area contributed by atoms with Crippen molar-refractivity contribution in [1.29, 1.82) is 0 Å². The summed E-state index contributed by atoms with van der Waals surface area (Å²) in [5.41, 5.74) is 7.34. The van der Waals surface area contributed by atoms with Crippen molar-refractivity contribution >= 4 is 27.8 Å². The van der Waals surface area contributed by atoms with Gasteiger partial charge in [0.05, 0.1) is 11.4 Å². The predicted molar refractivity (Wildman–Crippen MR) is 60.9 cm³/mol. The van der Waals surface area contributed by atoms with Crippen LogP contribution in [-0.2, 0) is 0 Å². The molecule has 1 aromatic heterocycles. The number of hydrogen-bond donors (Lipinski definition) is 2. The van der Waals surface area contributed by atoms with Crippen molar-refractivity contribution in [2.45, 2.75) is 6.92 Å². The summed E-state index contributed by atoms with van der Waals surface area (Å²) in [5.74, 6) is -0.336. The number of anilines is 3. The molecule has 3 N–H and O–H groups in total. The Bertz CT molecular complexity index is 481. The Morgan fingerprint density at radius 1 is 1.47 bits per heavy atom. The average Bonchev–Trinajstić information content (AvgIpc) is 2.58. The van der Waals surface area contributed by atoms with Gasteiger partial charge in [0.2, 0.25) is 0 Å². The summed E-state index contributed by atoms with van der Waals surface area (Å²) in [6.45, 7) is 1.89. The molecule has 3 nitrogen and oxygen atoms in total. The van der Waals surface area contributed by atoms with Gasteiger partial charge in [-0.25, -0.2) is 9.37 Å². The van der Waals surface area contributed by atoms with E-state index in [0.717, 1.165) is 5.69 Å². The number of rotatable bonds is 2. The number of aromatic nitrogens is 1. The summed E-state index contributed by atoms with van der Waals surface area (Å²) in [4.78, 5) is 4.18. The first-order chi connectivity index (χ1) is 7.15. The first-order valence-electron chi connectivity index (χ1n) is 4.39. The van der Waals surface area contributed by atoms with Crippen LogP contribution < -0.4 is 11.1 Å². The van der Waals surface area contributed by atoms with Gasteiger partial charge >= 0.3 is 0 Å². The molecule has 2 aromatic rings. The van der Waals surface area contributed by atoms with Crippen LogP contribution in [0.3, 0.4) is 0 Å². The number of nitrogens with two attached hydrogens (primary N) is 1. The van der Waals surface area contributed by atoms with E-state index in [4.69, 9.17) is 5.73 Å². The first-order valence-corrected chi connectivity index (χ1v) is 5.27. The molecule has 0 aliphatic carbocycles. The molecular weight excluding hydrogens is 213 g/mol. The molecule has 78 valence electrons. The van der Waals surface area contributed by atoms with Gasteiger partial charge in [-0.3, -0.25) is 0 Å². The normalized spacial score (nSPS) is 10.3. The fourth-order valence-electron chi connectivity index (χ4n) is 1.17. The van der Waals surface area contributed by atoms with Crippen LogP contribution in [0.25, 0.3) is 0 Å². The van der Waals surface area contributed by atoms with Crippen molar-refractivity contribution in [3.8, 4) is 0 Å². The molecule has 0 saturated carbocycles. The molecule has 0 bridgehead atoms. The summed E-state index contributed by atoms with van der Waals surface area (Å²) in [6, 6.07) is 4.40. The Kier molecular flexibility index (Phi) is 2.55. The summed E-state index contributed by atoms with van der Waals surface area (Å²) in [6.07, 6.45) is 0. The van der Waals surface area contributed by atoms with Crippen molar-refractivity contribution in [2.24, 2.45) is 0 Å². The lowest BCUT2D eigenvalue weighted by Crippen LogP contribution is -1.95. The number of aryl methyl sites for hydroxylation is 1. The third-order valence-corrected chi connectivity index (χ3v) is 2.73. The van der Waals surface area contributed by atoms with Crippen molar-refractivity contribution in [2.75, 3.05) is 11.1 Å². The number of nitrogens with one attached hydrogen (secondary N) is 1. The fraction of sp³-hybridized carbons (Fsp3) is 0.100. The van der Waals surface area contributed by atoms with Crippen LogP contribution in [0.1, 0.15) is 5.69 Å². The van der Waals surface area contributed by atoms with Gasteiger partial charge in [0.1, 0.15) is 5.82 Å². The molecule has 0 fully saturated rings. The Morgan fingerprint density at radius 2 is 2.27 bits per heavy atom. The van der Waals surface area contributed by atoms with Gasteiger partial charge in [-0.15, -0.1) is 11.3 Å². The van der Waals surface area contributed by atoms with Crippen LogP contribution in [0.4, 0.5) is 20.9 Å². The Labute approximate surface area is 90.8 Å². The molecule has 0 amide bonds. The number of nitrogens with zero attached hydrogens (tertiary/aromatic N) is 1. The lowest BCUT2D eigenvalue weighted by Gasteiger charge is -2.04. The van der Waals surface area contributed by atoms with Crippen LogP contribution >= 0.6 is 11.3 Å². The zero-order chi connectivity index (χ0) is 10.8. The number of hydrogen-bond acceptors (Lipinski definition) is 4. The maximum atomic E-state index is 13.3. The highest BCUT2D eigenvalue weighted by atomic mass is 32.1. The Hall–Kier alpha value is -1.62. The van der Waals surface area contributed by atoms with Gasteiger partial charge in [-0.05, 0) is 25.1 Å². The van der Waals surface area contributed by atoms with E-state index in [1.165, 1.54) is 23.5 Å². The topological polar surface area (TPSA) is 50.9 Å². The van der Waals surface area contributed by atoms with Gasteiger partial charge in [0.25, 0.3) is 0 Å². The predicted octanol–water partition coefficient (Wildman–Crippen LogP) is 2.92. The molecule has 0 unspecified atom stereocenters. The van der Waals surface area contributed by atoms with Crippen molar-refractivity contribution in [3.05, 3.63) is 35.1 Å². The second-order valence-corrected chi connectivity index (χ2v) is 4.02. The lowest BCUT2D eigenvalue weighted by atomic mass is 10.3. The third kappa shape index (κ3) is 2.24. The highest BCUT2D eigenvalue weighted by molar-refractivity contribution is 7.13. The average molecular weight is 223 g/mol. The molecule has 5 heteroatoms. The molecule has 1 aromatic carbocycles. The number of halogens is 1.